The van der Waals surface area contributed by atoms with Gasteiger partial charge in [-0.05, 0) is 30.7 Å². The van der Waals surface area contributed by atoms with E-state index in [-0.39, 0.29) is 19.2 Å². The summed E-state index contributed by atoms with van der Waals surface area (Å²) in [5.41, 5.74) is 2.71. The highest BCUT2D eigenvalue weighted by Crippen LogP contribution is 2.46. The zero-order chi connectivity index (χ0) is 19.4. The fraction of sp³-hybridized carbons (Fsp3) is 0.300. The van der Waals surface area contributed by atoms with Crippen LogP contribution >= 0.6 is 0 Å². The molecule has 27 heavy (non-hydrogen) atoms. The molecular weight excluding hydrogens is 352 g/mol. The number of esters is 2. The molecule has 0 aliphatic carbocycles. The van der Waals surface area contributed by atoms with E-state index >= 15 is 0 Å². The summed E-state index contributed by atoms with van der Waals surface area (Å²) in [7, 11) is 2.81. The lowest BCUT2D eigenvalue weighted by Crippen LogP contribution is -2.14. The van der Waals surface area contributed by atoms with E-state index < -0.39 is 5.97 Å². The van der Waals surface area contributed by atoms with Gasteiger partial charge in [-0.3, -0.25) is 0 Å². The molecule has 0 aromatic heterocycles. The van der Waals surface area contributed by atoms with Crippen LogP contribution in [0.15, 0.2) is 30.3 Å². The standard InChI is InChI=1S/C20H20O7/c1-4-25-19-16(23-2)9-8-13(18(19)26-11-17(21)24-3)12-6-5-7-14-15(12)10-27-20(14)22/h5-9H,4,10-11H2,1-3H3. The molecular formula is C20H20O7. The lowest BCUT2D eigenvalue weighted by molar-refractivity contribution is -0.142. The maximum atomic E-state index is 11.9. The van der Waals surface area contributed by atoms with E-state index in [4.69, 9.17) is 18.9 Å². The quantitative estimate of drug-likeness (QED) is 0.691. The minimum atomic E-state index is -0.525. The van der Waals surface area contributed by atoms with Gasteiger partial charge < -0.3 is 23.7 Å². The molecule has 1 aliphatic rings. The smallest absolute Gasteiger partial charge is 0.343 e. The number of hydrogen-bond donors (Lipinski definition) is 0. The van der Waals surface area contributed by atoms with Crippen molar-refractivity contribution in [1.82, 2.24) is 0 Å². The van der Waals surface area contributed by atoms with Crippen LogP contribution in [0.25, 0.3) is 11.1 Å². The van der Waals surface area contributed by atoms with Crippen LogP contribution < -0.4 is 14.2 Å². The molecule has 0 bridgehead atoms. The average Bonchev–Trinajstić information content (AvgIpc) is 3.07. The van der Waals surface area contributed by atoms with Crippen LogP contribution in [-0.2, 0) is 20.9 Å². The van der Waals surface area contributed by atoms with Crippen molar-refractivity contribution in [2.75, 3.05) is 27.4 Å². The highest BCUT2D eigenvalue weighted by Gasteiger charge is 2.27. The van der Waals surface area contributed by atoms with Crippen LogP contribution in [0.3, 0.4) is 0 Å². The molecule has 1 heterocycles. The van der Waals surface area contributed by atoms with Gasteiger partial charge in [-0.25, -0.2) is 9.59 Å². The Morgan fingerprint density at radius 1 is 1.04 bits per heavy atom. The molecule has 1 aliphatic heterocycles. The van der Waals surface area contributed by atoms with Crippen LogP contribution in [0, 0.1) is 0 Å². The van der Waals surface area contributed by atoms with E-state index in [9.17, 15) is 9.59 Å². The lowest BCUT2D eigenvalue weighted by Gasteiger charge is -2.19. The minimum absolute atomic E-state index is 0.177. The van der Waals surface area contributed by atoms with Gasteiger partial charge in [0.15, 0.2) is 18.1 Å². The fourth-order valence-corrected chi connectivity index (χ4v) is 2.93. The van der Waals surface area contributed by atoms with Crippen molar-refractivity contribution in [3.05, 3.63) is 41.5 Å². The second-order valence-electron chi connectivity index (χ2n) is 5.68. The number of carbonyl (C=O) groups is 2. The van der Waals surface area contributed by atoms with Gasteiger partial charge in [0.1, 0.15) is 6.61 Å². The Morgan fingerprint density at radius 2 is 1.81 bits per heavy atom. The second kappa shape index (κ2) is 7.99. The number of benzene rings is 2. The number of rotatable bonds is 7. The predicted molar refractivity (Wildman–Crippen MR) is 96.2 cm³/mol. The van der Waals surface area contributed by atoms with Crippen molar-refractivity contribution >= 4 is 11.9 Å². The lowest BCUT2D eigenvalue weighted by atomic mass is 9.95. The van der Waals surface area contributed by atoms with E-state index in [0.29, 0.717) is 35.0 Å². The first-order chi connectivity index (χ1) is 13.1. The van der Waals surface area contributed by atoms with E-state index in [2.05, 4.69) is 4.74 Å². The van der Waals surface area contributed by atoms with E-state index in [0.717, 1.165) is 11.1 Å². The molecule has 0 saturated carbocycles. The van der Waals surface area contributed by atoms with Gasteiger partial charge in [0.25, 0.3) is 0 Å². The van der Waals surface area contributed by atoms with Crippen LogP contribution in [0.2, 0.25) is 0 Å². The molecule has 0 atom stereocenters. The van der Waals surface area contributed by atoms with Crippen LogP contribution in [0.4, 0.5) is 0 Å². The molecule has 0 fully saturated rings. The van der Waals surface area contributed by atoms with E-state index in [1.807, 2.05) is 13.0 Å². The molecule has 7 heteroatoms. The second-order valence-corrected chi connectivity index (χ2v) is 5.68. The highest BCUT2D eigenvalue weighted by molar-refractivity contribution is 5.96. The number of methoxy groups -OCH3 is 2. The Bertz CT molecular complexity index is 873. The molecule has 0 N–H and O–H groups in total. The predicted octanol–water partition coefficient (Wildman–Crippen LogP) is 2.98. The topological polar surface area (TPSA) is 80.3 Å². The summed E-state index contributed by atoms with van der Waals surface area (Å²) < 4.78 is 26.7. The Hall–Kier alpha value is -3.22. The molecule has 7 nitrogen and oxygen atoms in total. The van der Waals surface area contributed by atoms with Crippen molar-refractivity contribution < 1.29 is 33.3 Å². The average molecular weight is 372 g/mol. The first kappa shape index (κ1) is 18.6. The van der Waals surface area contributed by atoms with E-state index in [1.54, 1.807) is 24.3 Å². The summed E-state index contributed by atoms with van der Waals surface area (Å²) in [4.78, 5) is 23.5. The van der Waals surface area contributed by atoms with Crippen LogP contribution in [-0.4, -0.2) is 39.4 Å². The Kier molecular flexibility index (Phi) is 5.49. The van der Waals surface area contributed by atoms with Gasteiger partial charge in [0.05, 0.1) is 26.4 Å². The number of cyclic esters (lactones) is 1. The number of hydrogen-bond acceptors (Lipinski definition) is 7. The summed E-state index contributed by atoms with van der Waals surface area (Å²) >= 11 is 0. The third kappa shape index (κ3) is 3.53. The molecule has 3 rings (SSSR count). The van der Waals surface area contributed by atoms with Gasteiger partial charge in [-0.2, -0.15) is 0 Å². The number of carbonyl (C=O) groups excluding carboxylic acids is 2. The van der Waals surface area contributed by atoms with Gasteiger partial charge in [-0.15, -0.1) is 0 Å². The normalized spacial score (nSPS) is 12.2. The first-order valence-electron chi connectivity index (χ1n) is 8.43. The first-order valence-corrected chi connectivity index (χ1v) is 8.43. The summed E-state index contributed by atoms with van der Waals surface area (Å²) in [5, 5.41) is 0. The maximum Gasteiger partial charge on any atom is 0.343 e. The molecule has 0 spiro atoms. The third-order valence-corrected chi connectivity index (χ3v) is 4.18. The largest absolute Gasteiger partial charge is 0.493 e. The van der Waals surface area contributed by atoms with Crippen molar-refractivity contribution in [3.63, 3.8) is 0 Å². The molecule has 2 aromatic rings. The maximum absolute atomic E-state index is 11.9. The van der Waals surface area contributed by atoms with Gasteiger partial charge >= 0.3 is 11.9 Å². The number of ether oxygens (including phenoxy) is 5. The van der Waals surface area contributed by atoms with Gasteiger partial charge in [0.2, 0.25) is 5.75 Å². The zero-order valence-corrected chi connectivity index (χ0v) is 15.4. The minimum Gasteiger partial charge on any atom is -0.493 e. The molecule has 0 amide bonds. The highest BCUT2D eigenvalue weighted by atomic mass is 16.6. The fourth-order valence-electron chi connectivity index (χ4n) is 2.93. The zero-order valence-electron chi connectivity index (χ0n) is 15.4. The summed E-state index contributed by atoms with van der Waals surface area (Å²) in [6.45, 7) is 2.10. The summed E-state index contributed by atoms with van der Waals surface area (Å²) in [5.74, 6) is 0.310. The molecule has 142 valence electrons. The van der Waals surface area contributed by atoms with Crippen molar-refractivity contribution in [3.8, 4) is 28.4 Å². The SMILES string of the molecule is CCOc1c(OC)ccc(-c2cccc3c2COC3=O)c1OCC(=O)OC. The monoisotopic (exact) mass is 372 g/mol. The van der Waals surface area contributed by atoms with E-state index in [1.165, 1.54) is 14.2 Å². The number of fused-ring (bicyclic) bond motifs is 1. The summed E-state index contributed by atoms with van der Waals surface area (Å²) in [6.07, 6.45) is 0. The van der Waals surface area contributed by atoms with Crippen molar-refractivity contribution in [2.45, 2.75) is 13.5 Å². The Morgan fingerprint density at radius 3 is 2.52 bits per heavy atom. The van der Waals surface area contributed by atoms with Gasteiger partial charge in [0, 0.05) is 11.1 Å². The molecule has 0 saturated heterocycles. The third-order valence-electron chi connectivity index (χ3n) is 4.18. The molecule has 0 unspecified atom stereocenters. The Labute approximate surface area is 156 Å². The molecule has 0 radical (unpaired) electrons. The summed E-state index contributed by atoms with van der Waals surface area (Å²) in [6, 6.07) is 8.91. The van der Waals surface area contributed by atoms with Crippen LogP contribution in [0.5, 0.6) is 17.2 Å². The van der Waals surface area contributed by atoms with Crippen molar-refractivity contribution in [2.24, 2.45) is 0 Å². The Balaban J connectivity index is 2.16. The van der Waals surface area contributed by atoms with Crippen molar-refractivity contribution in [1.29, 1.82) is 0 Å². The molecule has 2 aromatic carbocycles. The van der Waals surface area contributed by atoms with Crippen LogP contribution in [0.1, 0.15) is 22.8 Å². The van der Waals surface area contributed by atoms with Gasteiger partial charge in [-0.1, -0.05) is 12.1 Å².